The zero-order valence-electron chi connectivity index (χ0n) is 13.6. The Morgan fingerprint density at radius 1 is 1.08 bits per heavy atom. The van der Waals surface area contributed by atoms with Crippen molar-refractivity contribution in [2.45, 2.75) is 19.8 Å². The van der Waals surface area contributed by atoms with Gasteiger partial charge in [0.05, 0.1) is 16.8 Å². The fourth-order valence-corrected chi connectivity index (χ4v) is 3.01. The molecule has 0 saturated carbocycles. The molecule has 2 heterocycles. The summed E-state index contributed by atoms with van der Waals surface area (Å²) < 4.78 is 0. The van der Waals surface area contributed by atoms with Crippen molar-refractivity contribution in [2.24, 2.45) is 0 Å². The molecule has 0 saturated heterocycles. The third-order valence-electron chi connectivity index (χ3n) is 3.61. The van der Waals surface area contributed by atoms with E-state index >= 15 is 0 Å². The van der Waals surface area contributed by atoms with Gasteiger partial charge in [-0.25, -0.2) is 4.98 Å². The first kappa shape index (κ1) is 16.2. The van der Waals surface area contributed by atoms with E-state index in [0.29, 0.717) is 16.5 Å². The number of carbonyl (C=O) groups excluding carboxylic acids is 1. The quantitative estimate of drug-likeness (QED) is 0.667. The Bertz CT molecular complexity index is 811. The summed E-state index contributed by atoms with van der Waals surface area (Å²) >= 11 is 1.41. The number of rotatable bonds is 5. The molecule has 2 aromatic heterocycles. The van der Waals surface area contributed by atoms with Crippen LogP contribution in [0.25, 0.3) is 0 Å². The standard InChI is InChI=1S/C19H19N3OS/c1-13(2)15-6-3-4-7-16(15)22-18-10-9-14(12-20-18)21-19(23)17-8-5-11-24-17/h3-13H,1-2H3,(H,20,22)(H,21,23). The number of para-hydroxylation sites is 1. The van der Waals surface area contributed by atoms with Gasteiger partial charge in [0, 0.05) is 5.69 Å². The Labute approximate surface area is 145 Å². The molecular weight excluding hydrogens is 318 g/mol. The molecule has 122 valence electrons. The number of anilines is 3. The number of pyridine rings is 1. The Hall–Kier alpha value is -2.66. The van der Waals surface area contributed by atoms with Crippen molar-refractivity contribution < 1.29 is 4.79 Å². The zero-order valence-corrected chi connectivity index (χ0v) is 14.4. The van der Waals surface area contributed by atoms with Crippen LogP contribution in [0.3, 0.4) is 0 Å². The summed E-state index contributed by atoms with van der Waals surface area (Å²) in [5.41, 5.74) is 2.97. The van der Waals surface area contributed by atoms with E-state index in [9.17, 15) is 4.79 Å². The van der Waals surface area contributed by atoms with E-state index in [0.717, 1.165) is 11.5 Å². The van der Waals surface area contributed by atoms with Crippen LogP contribution in [-0.4, -0.2) is 10.9 Å². The molecular formula is C19H19N3OS. The zero-order chi connectivity index (χ0) is 16.9. The SMILES string of the molecule is CC(C)c1ccccc1Nc1ccc(NC(=O)c2cccs2)cn1. The van der Waals surface area contributed by atoms with Gasteiger partial charge in [0.15, 0.2) is 0 Å². The van der Waals surface area contributed by atoms with Crippen LogP contribution in [0.2, 0.25) is 0 Å². The van der Waals surface area contributed by atoms with Gasteiger partial charge in [-0.1, -0.05) is 38.1 Å². The van der Waals surface area contributed by atoms with Gasteiger partial charge in [0.25, 0.3) is 5.91 Å². The molecule has 24 heavy (non-hydrogen) atoms. The lowest BCUT2D eigenvalue weighted by molar-refractivity contribution is 0.103. The summed E-state index contributed by atoms with van der Waals surface area (Å²) in [5.74, 6) is 1.06. The van der Waals surface area contributed by atoms with Crippen molar-refractivity contribution in [1.82, 2.24) is 4.98 Å². The fourth-order valence-electron chi connectivity index (χ4n) is 2.39. The predicted molar refractivity (Wildman–Crippen MR) is 100 cm³/mol. The smallest absolute Gasteiger partial charge is 0.265 e. The second-order valence-electron chi connectivity index (χ2n) is 5.73. The predicted octanol–water partition coefficient (Wildman–Crippen LogP) is 5.26. The molecule has 0 bridgehead atoms. The Morgan fingerprint density at radius 2 is 1.92 bits per heavy atom. The van der Waals surface area contributed by atoms with Crippen LogP contribution < -0.4 is 10.6 Å². The van der Waals surface area contributed by atoms with Gasteiger partial charge >= 0.3 is 0 Å². The molecule has 0 aliphatic rings. The van der Waals surface area contributed by atoms with Gasteiger partial charge in [-0.05, 0) is 41.1 Å². The molecule has 0 atom stereocenters. The van der Waals surface area contributed by atoms with Crippen LogP contribution in [0.4, 0.5) is 17.2 Å². The summed E-state index contributed by atoms with van der Waals surface area (Å²) in [6.45, 7) is 4.33. The highest BCUT2D eigenvalue weighted by atomic mass is 32.1. The third-order valence-corrected chi connectivity index (χ3v) is 4.48. The number of hydrogen-bond acceptors (Lipinski definition) is 4. The molecule has 3 rings (SSSR count). The minimum atomic E-state index is -0.113. The molecule has 2 N–H and O–H groups in total. The number of nitrogens with one attached hydrogen (secondary N) is 2. The van der Waals surface area contributed by atoms with Crippen molar-refractivity contribution in [3.8, 4) is 0 Å². The van der Waals surface area contributed by atoms with E-state index in [1.54, 1.807) is 12.3 Å². The number of hydrogen-bond donors (Lipinski definition) is 2. The number of thiophene rings is 1. The molecule has 0 aliphatic heterocycles. The van der Waals surface area contributed by atoms with Crippen molar-refractivity contribution in [3.63, 3.8) is 0 Å². The molecule has 5 heteroatoms. The molecule has 0 spiro atoms. The van der Waals surface area contributed by atoms with E-state index in [4.69, 9.17) is 0 Å². The molecule has 0 fully saturated rings. The van der Waals surface area contributed by atoms with Crippen molar-refractivity contribution in [3.05, 3.63) is 70.5 Å². The van der Waals surface area contributed by atoms with Crippen LogP contribution in [0, 0.1) is 0 Å². The maximum absolute atomic E-state index is 12.0. The van der Waals surface area contributed by atoms with Crippen LogP contribution >= 0.6 is 11.3 Å². The molecule has 0 aliphatic carbocycles. The third kappa shape index (κ3) is 3.81. The lowest BCUT2D eigenvalue weighted by Crippen LogP contribution is -2.10. The van der Waals surface area contributed by atoms with Crippen molar-refractivity contribution in [1.29, 1.82) is 0 Å². The van der Waals surface area contributed by atoms with E-state index < -0.39 is 0 Å². The first-order chi connectivity index (χ1) is 11.6. The molecule has 1 aromatic carbocycles. The minimum Gasteiger partial charge on any atom is -0.340 e. The maximum atomic E-state index is 12.0. The molecule has 0 radical (unpaired) electrons. The second kappa shape index (κ2) is 7.27. The summed E-state index contributed by atoms with van der Waals surface area (Å²) in [6.07, 6.45) is 1.66. The summed E-state index contributed by atoms with van der Waals surface area (Å²) in [6, 6.07) is 15.6. The number of carbonyl (C=O) groups is 1. The first-order valence-corrected chi connectivity index (χ1v) is 8.68. The van der Waals surface area contributed by atoms with Gasteiger partial charge in [-0.3, -0.25) is 4.79 Å². The Morgan fingerprint density at radius 3 is 2.58 bits per heavy atom. The summed E-state index contributed by atoms with van der Waals surface area (Å²) in [4.78, 5) is 17.1. The highest BCUT2D eigenvalue weighted by Gasteiger charge is 2.08. The van der Waals surface area contributed by atoms with Crippen LogP contribution in [-0.2, 0) is 0 Å². The number of benzene rings is 1. The molecule has 0 unspecified atom stereocenters. The topological polar surface area (TPSA) is 54.0 Å². The highest BCUT2D eigenvalue weighted by molar-refractivity contribution is 7.12. The largest absolute Gasteiger partial charge is 0.340 e. The lowest BCUT2D eigenvalue weighted by atomic mass is 10.0. The molecule has 4 nitrogen and oxygen atoms in total. The minimum absolute atomic E-state index is 0.113. The lowest BCUT2D eigenvalue weighted by Gasteiger charge is -2.14. The number of aromatic nitrogens is 1. The summed E-state index contributed by atoms with van der Waals surface area (Å²) in [5, 5.41) is 8.07. The normalized spacial score (nSPS) is 10.6. The van der Waals surface area contributed by atoms with E-state index in [1.165, 1.54) is 16.9 Å². The average Bonchev–Trinajstić information content (AvgIpc) is 3.11. The van der Waals surface area contributed by atoms with Gasteiger partial charge < -0.3 is 10.6 Å². The number of nitrogens with zero attached hydrogens (tertiary/aromatic N) is 1. The summed E-state index contributed by atoms with van der Waals surface area (Å²) in [7, 11) is 0. The van der Waals surface area contributed by atoms with E-state index in [1.807, 2.05) is 41.8 Å². The molecule has 3 aromatic rings. The second-order valence-corrected chi connectivity index (χ2v) is 6.68. The highest BCUT2D eigenvalue weighted by Crippen LogP contribution is 2.26. The average molecular weight is 337 g/mol. The van der Waals surface area contributed by atoms with Crippen LogP contribution in [0.5, 0.6) is 0 Å². The maximum Gasteiger partial charge on any atom is 0.265 e. The van der Waals surface area contributed by atoms with E-state index in [2.05, 4.69) is 35.5 Å². The van der Waals surface area contributed by atoms with Gasteiger partial charge in [-0.15, -0.1) is 11.3 Å². The van der Waals surface area contributed by atoms with Gasteiger partial charge in [0.1, 0.15) is 5.82 Å². The van der Waals surface area contributed by atoms with Gasteiger partial charge in [-0.2, -0.15) is 0 Å². The van der Waals surface area contributed by atoms with Crippen molar-refractivity contribution >= 4 is 34.4 Å². The number of amides is 1. The van der Waals surface area contributed by atoms with Crippen LogP contribution in [0.15, 0.2) is 60.1 Å². The Kier molecular flexibility index (Phi) is 4.91. The van der Waals surface area contributed by atoms with Gasteiger partial charge in [0.2, 0.25) is 0 Å². The van der Waals surface area contributed by atoms with Crippen molar-refractivity contribution in [2.75, 3.05) is 10.6 Å². The first-order valence-electron chi connectivity index (χ1n) is 7.80. The monoisotopic (exact) mass is 337 g/mol. The van der Waals surface area contributed by atoms with E-state index in [-0.39, 0.29) is 5.91 Å². The van der Waals surface area contributed by atoms with Crippen LogP contribution in [0.1, 0.15) is 35.0 Å². The molecule has 1 amide bonds. The fraction of sp³-hybridized carbons (Fsp3) is 0.158. The Balaban J connectivity index is 1.70.